The van der Waals surface area contributed by atoms with E-state index in [-0.39, 0.29) is 6.04 Å². The summed E-state index contributed by atoms with van der Waals surface area (Å²) in [6.07, 6.45) is 4.27. The van der Waals surface area contributed by atoms with Gasteiger partial charge in [0.2, 0.25) is 0 Å². The molecule has 2 unspecified atom stereocenters. The number of pyridine rings is 1. The van der Waals surface area contributed by atoms with E-state index >= 15 is 0 Å². The van der Waals surface area contributed by atoms with Gasteiger partial charge in [-0.05, 0) is 24.6 Å². The van der Waals surface area contributed by atoms with Gasteiger partial charge in [-0.25, -0.2) is 0 Å². The second-order valence-electron chi connectivity index (χ2n) is 4.41. The average Bonchev–Trinajstić information content (AvgIpc) is 2.75. The fourth-order valence-electron chi connectivity index (χ4n) is 1.85. The summed E-state index contributed by atoms with van der Waals surface area (Å²) in [5.74, 6) is 0. The largest absolute Gasteiger partial charge is 0.386 e. The molecule has 0 saturated carbocycles. The van der Waals surface area contributed by atoms with Gasteiger partial charge in [0, 0.05) is 38.0 Å². The molecule has 0 aromatic carbocycles. The molecule has 88 valence electrons. The molecule has 2 atom stereocenters. The number of hydrogen-bond acceptors (Lipinski definition) is 4. The molecule has 1 aromatic heterocycles. The Hall–Kier alpha value is -0.970. The van der Waals surface area contributed by atoms with E-state index in [0.717, 1.165) is 0 Å². The number of nitrogens with zero attached hydrogens (tertiary/aromatic N) is 1. The molecule has 4 heteroatoms. The van der Waals surface area contributed by atoms with E-state index in [1.54, 1.807) is 12.4 Å². The zero-order valence-electron chi connectivity index (χ0n) is 9.52. The maximum atomic E-state index is 10.1. The first-order valence-electron chi connectivity index (χ1n) is 5.63. The van der Waals surface area contributed by atoms with Gasteiger partial charge in [-0.1, -0.05) is 0 Å². The van der Waals surface area contributed by atoms with Crippen molar-refractivity contribution < 1.29 is 9.84 Å². The molecule has 4 nitrogen and oxygen atoms in total. The lowest BCUT2D eigenvalue weighted by molar-refractivity contribution is 0.0252. The van der Waals surface area contributed by atoms with E-state index in [0.29, 0.717) is 26.2 Å². The quantitative estimate of drug-likeness (QED) is 0.794. The molecule has 1 aromatic rings. The van der Waals surface area contributed by atoms with Crippen molar-refractivity contribution in [2.24, 2.45) is 0 Å². The minimum atomic E-state index is -0.693. The van der Waals surface area contributed by atoms with Crippen molar-refractivity contribution in [2.75, 3.05) is 19.8 Å². The topological polar surface area (TPSA) is 54.4 Å². The summed E-state index contributed by atoms with van der Waals surface area (Å²) >= 11 is 0. The third-order valence-corrected chi connectivity index (χ3v) is 3.03. The van der Waals surface area contributed by atoms with E-state index in [1.807, 2.05) is 12.1 Å². The zero-order valence-corrected chi connectivity index (χ0v) is 9.52. The fraction of sp³-hybridized carbons (Fsp3) is 0.583. The summed E-state index contributed by atoms with van der Waals surface area (Å²) in [7, 11) is 0. The van der Waals surface area contributed by atoms with Crippen LogP contribution in [0.3, 0.4) is 0 Å². The maximum absolute atomic E-state index is 10.1. The van der Waals surface area contributed by atoms with E-state index in [2.05, 4.69) is 17.2 Å². The van der Waals surface area contributed by atoms with Gasteiger partial charge in [-0.2, -0.15) is 0 Å². The molecule has 0 aliphatic carbocycles. The first-order chi connectivity index (χ1) is 7.70. The Kier molecular flexibility index (Phi) is 3.53. The molecule has 2 heterocycles. The molecule has 2 N–H and O–H groups in total. The summed E-state index contributed by atoms with van der Waals surface area (Å²) in [4.78, 5) is 3.98. The summed E-state index contributed by atoms with van der Waals surface area (Å²) < 4.78 is 5.20. The molecule has 16 heavy (non-hydrogen) atoms. The monoisotopic (exact) mass is 222 g/mol. The lowest BCUT2D eigenvalue weighted by atomic mass is 10.0. The van der Waals surface area contributed by atoms with Crippen molar-refractivity contribution >= 4 is 0 Å². The van der Waals surface area contributed by atoms with Gasteiger partial charge in [0.05, 0.1) is 6.61 Å². The van der Waals surface area contributed by atoms with Crippen LogP contribution in [-0.4, -0.2) is 35.5 Å². The number of ether oxygens (including phenoxy) is 1. The highest BCUT2D eigenvalue weighted by Crippen LogP contribution is 2.19. The molecule has 0 spiro atoms. The van der Waals surface area contributed by atoms with E-state index in [9.17, 15) is 5.11 Å². The Balaban J connectivity index is 1.86. The second-order valence-corrected chi connectivity index (χ2v) is 4.41. The van der Waals surface area contributed by atoms with Crippen LogP contribution in [0, 0.1) is 0 Å². The van der Waals surface area contributed by atoms with Gasteiger partial charge < -0.3 is 15.2 Å². The van der Waals surface area contributed by atoms with E-state index in [4.69, 9.17) is 4.74 Å². The highest BCUT2D eigenvalue weighted by atomic mass is 16.5. The summed E-state index contributed by atoms with van der Waals surface area (Å²) in [6, 6.07) is 4.17. The number of hydrogen-bond donors (Lipinski definition) is 2. The number of aromatic nitrogens is 1. The van der Waals surface area contributed by atoms with Crippen molar-refractivity contribution in [3.8, 4) is 0 Å². The molecule has 1 saturated heterocycles. The van der Waals surface area contributed by atoms with Crippen LogP contribution >= 0.6 is 0 Å². The molecule has 1 aliphatic rings. The third kappa shape index (κ3) is 2.78. The van der Waals surface area contributed by atoms with Gasteiger partial charge in [-0.3, -0.25) is 4.98 Å². The fourth-order valence-corrected chi connectivity index (χ4v) is 1.85. The number of rotatable bonds is 4. The average molecular weight is 222 g/mol. The van der Waals surface area contributed by atoms with Gasteiger partial charge >= 0.3 is 0 Å². The Bertz CT molecular complexity index is 323. The van der Waals surface area contributed by atoms with Crippen LogP contribution in [0.4, 0.5) is 0 Å². The van der Waals surface area contributed by atoms with Crippen molar-refractivity contribution in [3.63, 3.8) is 0 Å². The maximum Gasteiger partial charge on any atom is 0.103 e. The summed E-state index contributed by atoms with van der Waals surface area (Å²) in [6.45, 7) is 3.73. The minimum absolute atomic E-state index is 0.215. The number of aliphatic hydroxyl groups is 1. The molecular weight excluding hydrogens is 204 g/mol. The van der Waals surface area contributed by atoms with Gasteiger partial charge in [0.25, 0.3) is 0 Å². The van der Waals surface area contributed by atoms with Gasteiger partial charge in [0.15, 0.2) is 0 Å². The Morgan fingerprint density at radius 3 is 2.94 bits per heavy atom. The predicted molar refractivity (Wildman–Crippen MR) is 61.0 cm³/mol. The van der Waals surface area contributed by atoms with Crippen molar-refractivity contribution in [1.29, 1.82) is 0 Å². The van der Waals surface area contributed by atoms with E-state index in [1.165, 1.54) is 5.56 Å². The molecular formula is C12H18N2O2. The van der Waals surface area contributed by atoms with Crippen LogP contribution in [0.5, 0.6) is 0 Å². The van der Waals surface area contributed by atoms with Crippen molar-refractivity contribution in [3.05, 3.63) is 30.1 Å². The van der Waals surface area contributed by atoms with Crippen LogP contribution in [0.1, 0.15) is 24.9 Å². The van der Waals surface area contributed by atoms with E-state index < -0.39 is 5.60 Å². The molecule has 2 rings (SSSR count). The lowest BCUT2D eigenvalue weighted by Crippen LogP contribution is -2.41. The normalized spacial score (nSPS) is 26.9. The van der Waals surface area contributed by atoms with Crippen LogP contribution in [0.2, 0.25) is 0 Å². The smallest absolute Gasteiger partial charge is 0.103 e. The van der Waals surface area contributed by atoms with Gasteiger partial charge in [0.1, 0.15) is 5.60 Å². The molecule has 1 aliphatic heterocycles. The zero-order chi connectivity index (χ0) is 11.4. The first kappa shape index (κ1) is 11.5. The standard InChI is InChI=1S/C12H18N2O2/c1-10(11-2-5-13-6-3-11)14-8-12(15)4-7-16-9-12/h2-3,5-6,10,14-15H,4,7-9H2,1H3. The summed E-state index contributed by atoms with van der Waals surface area (Å²) in [5.41, 5.74) is 0.485. The third-order valence-electron chi connectivity index (χ3n) is 3.03. The van der Waals surface area contributed by atoms with Crippen molar-refractivity contribution in [1.82, 2.24) is 10.3 Å². The van der Waals surface area contributed by atoms with Gasteiger partial charge in [-0.15, -0.1) is 0 Å². The molecule has 1 fully saturated rings. The molecule has 0 amide bonds. The highest BCUT2D eigenvalue weighted by Gasteiger charge is 2.32. The second kappa shape index (κ2) is 4.91. The minimum Gasteiger partial charge on any atom is -0.386 e. The Morgan fingerprint density at radius 2 is 2.31 bits per heavy atom. The molecule has 0 bridgehead atoms. The van der Waals surface area contributed by atoms with Crippen molar-refractivity contribution in [2.45, 2.75) is 25.0 Å². The lowest BCUT2D eigenvalue weighted by Gasteiger charge is -2.23. The van der Waals surface area contributed by atoms with Crippen LogP contribution in [-0.2, 0) is 4.74 Å². The van der Waals surface area contributed by atoms with Crippen LogP contribution in [0.15, 0.2) is 24.5 Å². The Labute approximate surface area is 95.7 Å². The molecule has 0 radical (unpaired) electrons. The first-order valence-corrected chi connectivity index (χ1v) is 5.63. The highest BCUT2D eigenvalue weighted by molar-refractivity contribution is 5.14. The summed E-state index contributed by atoms with van der Waals surface area (Å²) in [5, 5.41) is 13.4. The Morgan fingerprint density at radius 1 is 1.56 bits per heavy atom. The SMILES string of the molecule is CC(NCC1(O)CCOC1)c1ccncc1. The van der Waals surface area contributed by atoms with Crippen LogP contribution in [0.25, 0.3) is 0 Å². The predicted octanol–water partition coefficient (Wildman–Crippen LogP) is 0.884. The number of nitrogens with one attached hydrogen (secondary N) is 1. The van der Waals surface area contributed by atoms with Crippen LogP contribution < -0.4 is 5.32 Å².